The molecule has 1 aromatic rings. The van der Waals surface area contributed by atoms with E-state index in [9.17, 15) is 0 Å². The summed E-state index contributed by atoms with van der Waals surface area (Å²) in [7, 11) is 1.84. The molecule has 2 heterocycles. The number of anilines is 1. The van der Waals surface area contributed by atoms with Gasteiger partial charge in [0.05, 0.1) is 31.3 Å². The van der Waals surface area contributed by atoms with Gasteiger partial charge in [0.2, 0.25) is 0 Å². The minimum Gasteiger partial charge on any atom is -0.378 e. The maximum atomic E-state index is 5.50. The smallest absolute Gasteiger partial charge is 0.144 e. The fourth-order valence-corrected chi connectivity index (χ4v) is 1.94. The fourth-order valence-electron chi connectivity index (χ4n) is 1.94. The highest BCUT2D eigenvalue weighted by Gasteiger charge is 2.30. The molecule has 1 aliphatic heterocycles. The van der Waals surface area contributed by atoms with Gasteiger partial charge in [0.25, 0.3) is 0 Å². The SMILES string of the molecule is CNc1cnc(CN2CCOCC2(C)C)cn1. The molecular formula is C12H20N4O. The lowest BCUT2D eigenvalue weighted by Gasteiger charge is -2.41. The Morgan fingerprint density at radius 1 is 1.41 bits per heavy atom. The van der Waals surface area contributed by atoms with Gasteiger partial charge in [-0.2, -0.15) is 0 Å². The van der Waals surface area contributed by atoms with E-state index < -0.39 is 0 Å². The van der Waals surface area contributed by atoms with Crippen molar-refractivity contribution < 1.29 is 4.74 Å². The molecule has 0 saturated carbocycles. The Labute approximate surface area is 102 Å². The van der Waals surface area contributed by atoms with Crippen molar-refractivity contribution in [3.8, 4) is 0 Å². The Morgan fingerprint density at radius 3 is 2.82 bits per heavy atom. The molecule has 0 amide bonds. The van der Waals surface area contributed by atoms with Gasteiger partial charge < -0.3 is 10.1 Å². The standard InChI is InChI=1S/C12H20N4O/c1-12(2)9-17-5-4-16(12)8-10-6-15-11(13-3)7-14-10/h6-7H,4-5,8-9H2,1-3H3,(H,13,15). The van der Waals surface area contributed by atoms with Crippen LogP contribution in [0.15, 0.2) is 12.4 Å². The lowest BCUT2D eigenvalue weighted by molar-refractivity contribution is -0.0558. The minimum atomic E-state index is 0.0710. The average molecular weight is 236 g/mol. The van der Waals surface area contributed by atoms with Gasteiger partial charge in [-0.15, -0.1) is 0 Å². The molecule has 2 rings (SSSR count). The van der Waals surface area contributed by atoms with E-state index in [1.165, 1.54) is 0 Å². The molecule has 1 aromatic heterocycles. The zero-order chi connectivity index (χ0) is 12.3. The Morgan fingerprint density at radius 2 is 2.24 bits per heavy atom. The first-order chi connectivity index (χ1) is 8.12. The number of aromatic nitrogens is 2. The van der Waals surface area contributed by atoms with Gasteiger partial charge in [-0.25, -0.2) is 4.98 Å². The highest BCUT2D eigenvalue weighted by atomic mass is 16.5. The van der Waals surface area contributed by atoms with Crippen molar-refractivity contribution in [3.05, 3.63) is 18.1 Å². The van der Waals surface area contributed by atoms with E-state index in [-0.39, 0.29) is 5.54 Å². The number of hydrogen-bond donors (Lipinski definition) is 1. The summed E-state index contributed by atoms with van der Waals surface area (Å²) < 4.78 is 5.50. The predicted molar refractivity (Wildman–Crippen MR) is 66.9 cm³/mol. The average Bonchev–Trinajstić information content (AvgIpc) is 2.33. The summed E-state index contributed by atoms with van der Waals surface area (Å²) in [6.07, 6.45) is 3.60. The predicted octanol–water partition coefficient (Wildman–Crippen LogP) is 1.13. The molecule has 0 atom stereocenters. The molecule has 1 N–H and O–H groups in total. The highest BCUT2D eigenvalue weighted by molar-refractivity contribution is 5.29. The molecule has 0 unspecified atom stereocenters. The van der Waals surface area contributed by atoms with Crippen LogP contribution in [-0.4, -0.2) is 47.2 Å². The van der Waals surface area contributed by atoms with Crippen molar-refractivity contribution in [2.24, 2.45) is 0 Å². The van der Waals surface area contributed by atoms with Crippen molar-refractivity contribution in [1.82, 2.24) is 14.9 Å². The molecule has 0 aromatic carbocycles. The molecule has 0 spiro atoms. The molecule has 0 radical (unpaired) electrons. The second-order valence-corrected chi connectivity index (χ2v) is 4.93. The lowest BCUT2D eigenvalue weighted by Crippen LogP contribution is -2.52. The van der Waals surface area contributed by atoms with E-state index in [0.29, 0.717) is 0 Å². The Kier molecular flexibility index (Phi) is 3.59. The summed E-state index contributed by atoms with van der Waals surface area (Å²) in [5.41, 5.74) is 1.07. The van der Waals surface area contributed by atoms with E-state index >= 15 is 0 Å². The molecule has 1 aliphatic rings. The third-order valence-corrected chi connectivity index (χ3v) is 3.13. The lowest BCUT2D eigenvalue weighted by atomic mass is 10.0. The van der Waals surface area contributed by atoms with Crippen LogP contribution in [0.2, 0.25) is 0 Å². The number of ether oxygens (including phenoxy) is 1. The molecular weight excluding hydrogens is 216 g/mol. The topological polar surface area (TPSA) is 50.3 Å². The maximum absolute atomic E-state index is 5.50. The van der Waals surface area contributed by atoms with Gasteiger partial charge in [0, 0.05) is 25.7 Å². The van der Waals surface area contributed by atoms with Crippen LogP contribution in [0.25, 0.3) is 0 Å². The Hall–Kier alpha value is -1.20. The second-order valence-electron chi connectivity index (χ2n) is 4.93. The highest BCUT2D eigenvalue weighted by Crippen LogP contribution is 2.20. The second kappa shape index (κ2) is 4.98. The minimum absolute atomic E-state index is 0.0710. The van der Waals surface area contributed by atoms with Gasteiger partial charge >= 0.3 is 0 Å². The van der Waals surface area contributed by atoms with Gasteiger partial charge in [0.1, 0.15) is 5.82 Å². The van der Waals surface area contributed by atoms with Crippen LogP contribution >= 0.6 is 0 Å². The van der Waals surface area contributed by atoms with Crippen LogP contribution in [0, 0.1) is 0 Å². The number of hydrogen-bond acceptors (Lipinski definition) is 5. The van der Waals surface area contributed by atoms with Crippen LogP contribution in [0.3, 0.4) is 0 Å². The van der Waals surface area contributed by atoms with E-state index in [2.05, 4.69) is 34.0 Å². The summed E-state index contributed by atoms with van der Waals surface area (Å²) in [4.78, 5) is 11.1. The molecule has 94 valence electrons. The van der Waals surface area contributed by atoms with Crippen molar-refractivity contribution in [2.75, 3.05) is 32.1 Å². The summed E-state index contributed by atoms with van der Waals surface area (Å²) in [6, 6.07) is 0. The van der Waals surface area contributed by atoms with Crippen molar-refractivity contribution >= 4 is 5.82 Å². The van der Waals surface area contributed by atoms with Crippen molar-refractivity contribution in [1.29, 1.82) is 0 Å². The molecule has 0 aliphatic carbocycles. The van der Waals surface area contributed by atoms with Gasteiger partial charge in [-0.1, -0.05) is 0 Å². The van der Waals surface area contributed by atoms with Crippen molar-refractivity contribution in [2.45, 2.75) is 25.9 Å². The quantitative estimate of drug-likeness (QED) is 0.852. The Bertz CT molecular complexity index is 363. The molecule has 5 nitrogen and oxygen atoms in total. The zero-order valence-electron chi connectivity index (χ0n) is 10.7. The molecule has 1 fully saturated rings. The van der Waals surface area contributed by atoms with E-state index in [1.807, 2.05) is 13.2 Å². The van der Waals surface area contributed by atoms with Gasteiger partial charge in [-0.3, -0.25) is 9.88 Å². The summed E-state index contributed by atoms with van der Waals surface area (Å²) in [6.45, 7) is 7.74. The first-order valence-electron chi connectivity index (χ1n) is 5.93. The summed E-state index contributed by atoms with van der Waals surface area (Å²) in [5.74, 6) is 0.801. The normalized spacial score (nSPS) is 20.2. The van der Waals surface area contributed by atoms with Crippen molar-refractivity contribution in [3.63, 3.8) is 0 Å². The monoisotopic (exact) mass is 236 g/mol. The van der Waals surface area contributed by atoms with Crippen LogP contribution in [0.4, 0.5) is 5.82 Å². The number of nitrogens with zero attached hydrogens (tertiary/aromatic N) is 3. The first kappa shape index (κ1) is 12.3. The largest absolute Gasteiger partial charge is 0.378 e. The number of nitrogens with one attached hydrogen (secondary N) is 1. The molecule has 1 saturated heterocycles. The summed E-state index contributed by atoms with van der Waals surface area (Å²) in [5, 5.41) is 2.97. The third-order valence-electron chi connectivity index (χ3n) is 3.13. The fraction of sp³-hybridized carbons (Fsp3) is 0.667. The van der Waals surface area contributed by atoms with E-state index in [4.69, 9.17) is 4.74 Å². The van der Waals surface area contributed by atoms with E-state index in [1.54, 1.807) is 6.20 Å². The summed E-state index contributed by atoms with van der Waals surface area (Å²) >= 11 is 0. The maximum Gasteiger partial charge on any atom is 0.144 e. The van der Waals surface area contributed by atoms with Crippen LogP contribution in [0.1, 0.15) is 19.5 Å². The van der Waals surface area contributed by atoms with E-state index in [0.717, 1.165) is 37.8 Å². The third kappa shape index (κ3) is 2.92. The van der Waals surface area contributed by atoms with Crippen LogP contribution in [0.5, 0.6) is 0 Å². The van der Waals surface area contributed by atoms with Gasteiger partial charge in [0.15, 0.2) is 0 Å². The first-order valence-corrected chi connectivity index (χ1v) is 5.93. The van der Waals surface area contributed by atoms with Gasteiger partial charge in [-0.05, 0) is 13.8 Å². The van der Waals surface area contributed by atoms with Crippen LogP contribution < -0.4 is 5.32 Å². The van der Waals surface area contributed by atoms with Crippen LogP contribution in [-0.2, 0) is 11.3 Å². The molecule has 0 bridgehead atoms. The number of rotatable bonds is 3. The molecule has 17 heavy (non-hydrogen) atoms. The molecule has 5 heteroatoms. The zero-order valence-corrected chi connectivity index (χ0v) is 10.7. The Balaban J connectivity index is 2.03. The number of morpholine rings is 1.